The Balaban J connectivity index is 2.47. The summed E-state index contributed by atoms with van der Waals surface area (Å²) in [6.45, 7) is 4.20. The van der Waals surface area contributed by atoms with E-state index in [1.165, 1.54) is 0 Å². The molecule has 1 N–H and O–H groups in total. The molecule has 1 aromatic rings. The fourth-order valence-corrected chi connectivity index (χ4v) is 2.10. The van der Waals surface area contributed by atoms with Crippen LogP contribution < -0.4 is 5.32 Å². The summed E-state index contributed by atoms with van der Waals surface area (Å²) in [6.07, 6.45) is 1.06. The van der Waals surface area contributed by atoms with Crippen molar-refractivity contribution in [3.63, 3.8) is 0 Å². The van der Waals surface area contributed by atoms with Crippen LogP contribution in [0.1, 0.15) is 30.6 Å². The second-order valence-electron chi connectivity index (χ2n) is 3.90. The third kappa shape index (κ3) is 5.79. The van der Waals surface area contributed by atoms with Gasteiger partial charge in [-0.3, -0.25) is 4.79 Å². The lowest BCUT2D eigenvalue weighted by atomic mass is 10.2. The molecular formula is C14H19NO3S. The van der Waals surface area contributed by atoms with Crippen molar-refractivity contribution in [3.05, 3.63) is 29.8 Å². The highest BCUT2D eigenvalue weighted by molar-refractivity contribution is 7.99. The van der Waals surface area contributed by atoms with E-state index in [2.05, 4.69) is 12.2 Å². The predicted molar refractivity (Wildman–Crippen MR) is 78.6 cm³/mol. The summed E-state index contributed by atoms with van der Waals surface area (Å²) in [5, 5.41) is 2.79. The minimum absolute atomic E-state index is 0.0256. The molecule has 0 saturated heterocycles. The first-order valence-corrected chi connectivity index (χ1v) is 7.47. The summed E-state index contributed by atoms with van der Waals surface area (Å²) in [5.74, 6) is 1.06. The number of hydrogen-bond donors (Lipinski definition) is 1. The molecule has 0 unspecified atom stereocenters. The number of nitrogens with one attached hydrogen (secondary N) is 1. The Kier molecular flexibility index (Phi) is 7.03. The van der Waals surface area contributed by atoms with Gasteiger partial charge in [0, 0.05) is 5.69 Å². The Morgan fingerprint density at radius 3 is 2.47 bits per heavy atom. The molecule has 0 aliphatic carbocycles. The Labute approximate surface area is 117 Å². The lowest BCUT2D eigenvalue weighted by molar-refractivity contribution is -0.113. The number of rotatable bonds is 7. The normalized spacial score (nSPS) is 10.0. The summed E-state index contributed by atoms with van der Waals surface area (Å²) in [7, 11) is 0. The van der Waals surface area contributed by atoms with E-state index in [1.54, 1.807) is 43.0 Å². The third-order valence-electron chi connectivity index (χ3n) is 2.26. The van der Waals surface area contributed by atoms with Crippen LogP contribution in [0.5, 0.6) is 0 Å². The van der Waals surface area contributed by atoms with Gasteiger partial charge in [-0.05, 0) is 43.4 Å². The van der Waals surface area contributed by atoms with E-state index in [0.29, 0.717) is 23.6 Å². The van der Waals surface area contributed by atoms with Gasteiger partial charge in [0.1, 0.15) is 0 Å². The van der Waals surface area contributed by atoms with Crippen molar-refractivity contribution >= 4 is 29.3 Å². The summed E-state index contributed by atoms with van der Waals surface area (Å²) >= 11 is 1.61. The molecule has 19 heavy (non-hydrogen) atoms. The third-order valence-corrected chi connectivity index (χ3v) is 3.42. The van der Waals surface area contributed by atoms with Gasteiger partial charge in [-0.25, -0.2) is 4.79 Å². The highest BCUT2D eigenvalue weighted by Crippen LogP contribution is 2.11. The number of anilines is 1. The Morgan fingerprint density at radius 2 is 1.89 bits per heavy atom. The number of esters is 1. The molecule has 5 heteroatoms. The van der Waals surface area contributed by atoms with Gasteiger partial charge in [0.2, 0.25) is 5.91 Å². The van der Waals surface area contributed by atoms with Gasteiger partial charge >= 0.3 is 5.97 Å². The zero-order valence-corrected chi connectivity index (χ0v) is 12.1. The molecule has 0 aromatic heterocycles. The fourth-order valence-electron chi connectivity index (χ4n) is 1.41. The smallest absolute Gasteiger partial charge is 0.338 e. The molecule has 0 aliphatic rings. The largest absolute Gasteiger partial charge is 0.462 e. The van der Waals surface area contributed by atoms with Crippen molar-refractivity contribution in [3.8, 4) is 0 Å². The van der Waals surface area contributed by atoms with E-state index in [1.807, 2.05) is 0 Å². The van der Waals surface area contributed by atoms with Crippen LogP contribution in [0.25, 0.3) is 0 Å². The van der Waals surface area contributed by atoms with E-state index in [4.69, 9.17) is 4.74 Å². The van der Waals surface area contributed by atoms with Crippen molar-refractivity contribution in [2.24, 2.45) is 0 Å². The highest BCUT2D eigenvalue weighted by atomic mass is 32.2. The molecule has 0 saturated carbocycles. The van der Waals surface area contributed by atoms with Crippen molar-refractivity contribution in [2.75, 3.05) is 23.4 Å². The topological polar surface area (TPSA) is 55.4 Å². The maximum absolute atomic E-state index is 11.6. The monoisotopic (exact) mass is 281 g/mol. The summed E-state index contributed by atoms with van der Waals surface area (Å²) in [4.78, 5) is 23.0. The molecule has 0 fully saturated rings. The number of ether oxygens (including phenoxy) is 1. The molecule has 1 amide bonds. The summed E-state index contributed by atoms with van der Waals surface area (Å²) < 4.78 is 4.88. The number of carbonyl (C=O) groups is 2. The summed E-state index contributed by atoms with van der Waals surface area (Å²) in [5.41, 5.74) is 1.18. The maximum atomic E-state index is 11.6. The first-order valence-electron chi connectivity index (χ1n) is 6.32. The first-order chi connectivity index (χ1) is 9.17. The van der Waals surface area contributed by atoms with Crippen LogP contribution in [-0.4, -0.2) is 30.0 Å². The Morgan fingerprint density at radius 1 is 1.21 bits per heavy atom. The number of hydrogen-bond acceptors (Lipinski definition) is 4. The molecule has 0 bridgehead atoms. The quantitative estimate of drug-likeness (QED) is 0.616. The molecule has 0 radical (unpaired) electrons. The minimum atomic E-state index is -0.348. The van der Waals surface area contributed by atoms with Gasteiger partial charge in [0.15, 0.2) is 0 Å². The Bertz CT molecular complexity index is 417. The molecule has 1 aromatic carbocycles. The van der Waals surface area contributed by atoms with Gasteiger partial charge in [-0.1, -0.05) is 6.92 Å². The molecule has 0 heterocycles. The second kappa shape index (κ2) is 8.58. The average Bonchev–Trinajstić information content (AvgIpc) is 2.40. The van der Waals surface area contributed by atoms with E-state index in [9.17, 15) is 9.59 Å². The van der Waals surface area contributed by atoms with Crippen LogP contribution in [0, 0.1) is 0 Å². The van der Waals surface area contributed by atoms with E-state index in [0.717, 1.165) is 12.2 Å². The van der Waals surface area contributed by atoms with Gasteiger partial charge in [-0.2, -0.15) is 11.8 Å². The van der Waals surface area contributed by atoms with Gasteiger partial charge in [-0.15, -0.1) is 0 Å². The lowest BCUT2D eigenvalue weighted by Gasteiger charge is -2.06. The SMILES string of the molecule is CCCSCC(=O)Nc1ccc(C(=O)OCC)cc1. The van der Waals surface area contributed by atoms with Crippen molar-refractivity contribution in [1.29, 1.82) is 0 Å². The fraction of sp³-hybridized carbons (Fsp3) is 0.429. The van der Waals surface area contributed by atoms with Gasteiger partial charge in [0.05, 0.1) is 17.9 Å². The van der Waals surface area contributed by atoms with Gasteiger partial charge < -0.3 is 10.1 Å². The second-order valence-corrected chi connectivity index (χ2v) is 5.00. The number of benzene rings is 1. The first kappa shape index (κ1) is 15.6. The predicted octanol–water partition coefficient (Wildman–Crippen LogP) is 2.95. The Hall–Kier alpha value is -1.49. The summed E-state index contributed by atoms with van der Waals surface area (Å²) in [6, 6.07) is 6.70. The molecule has 104 valence electrons. The molecule has 0 atom stereocenters. The van der Waals surface area contributed by atoms with Crippen LogP contribution in [0.15, 0.2) is 24.3 Å². The molecule has 4 nitrogen and oxygen atoms in total. The van der Waals surface area contributed by atoms with E-state index >= 15 is 0 Å². The van der Waals surface area contributed by atoms with Crippen LogP contribution in [0.4, 0.5) is 5.69 Å². The maximum Gasteiger partial charge on any atom is 0.338 e. The molecule has 0 spiro atoms. The molecular weight excluding hydrogens is 262 g/mol. The van der Waals surface area contributed by atoms with Crippen molar-refractivity contribution in [2.45, 2.75) is 20.3 Å². The van der Waals surface area contributed by atoms with Gasteiger partial charge in [0.25, 0.3) is 0 Å². The van der Waals surface area contributed by atoms with E-state index < -0.39 is 0 Å². The minimum Gasteiger partial charge on any atom is -0.462 e. The van der Waals surface area contributed by atoms with Crippen LogP contribution in [0.2, 0.25) is 0 Å². The average molecular weight is 281 g/mol. The standard InChI is InChI=1S/C14H19NO3S/c1-3-9-19-10-13(16)15-12-7-5-11(6-8-12)14(17)18-4-2/h5-8H,3-4,9-10H2,1-2H3,(H,15,16). The number of amides is 1. The molecule has 0 aliphatic heterocycles. The van der Waals surface area contributed by atoms with Crippen LogP contribution in [-0.2, 0) is 9.53 Å². The number of thioether (sulfide) groups is 1. The van der Waals surface area contributed by atoms with Crippen molar-refractivity contribution in [1.82, 2.24) is 0 Å². The lowest BCUT2D eigenvalue weighted by Crippen LogP contribution is -2.14. The zero-order chi connectivity index (χ0) is 14.1. The molecule has 1 rings (SSSR count). The van der Waals surface area contributed by atoms with Crippen LogP contribution >= 0.6 is 11.8 Å². The highest BCUT2D eigenvalue weighted by Gasteiger charge is 2.07. The number of carbonyl (C=O) groups excluding carboxylic acids is 2. The zero-order valence-electron chi connectivity index (χ0n) is 11.3. The van der Waals surface area contributed by atoms with E-state index in [-0.39, 0.29) is 11.9 Å². The van der Waals surface area contributed by atoms with Crippen molar-refractivity contribution < 1.29 is 14.3 Å². The van der Waals surface area contributed by atoms with Crippen LogP contribution in [0.3, 0.4) is 0 Å².